The van der Waals surface area contributed by atoms with E-state index in [1.807, 2.05) is 0 Å². The van der Waals surface area contributed by atoms with Crippen LogP contribution in [-0.2, 0) is 16.7 Å². The fraction of sp³-hybridized carbons (Fsp3) is 0.462. The Morgan fingerprint density at radius 3 is 2.35 bits per heavy atom. The highest BCUT2D eigenvalue weighted by molar-refractivity contribution is 7.79. The molecule has 0 saturated heterocycles. The first-order valence-corrected chi connectivity index (χ1v) is 6.47. The molecular weight excluding hydrogens is 291 g/mol. The van der Waals surface area contributed by atoms with Crippen LogP contribution in [0.3, 0.4) is 0 Å². The average molecular weight is 307 g/mol. The Morgan fingerprint density at radius 2 is 1.90 bits per heavy atom. The van der Waals surface area contributed by atoms with Crippen molar-refractivity contribution in [1.29, 1.82) is 0 Å². The Morgan fingerprint density at radius 1 is 1.30 bits per heavy atom. The van der Waals surface area contributed by atoms with Gasteiger partial charge < -0.3 is 4.74 Å². The van der Waals surface area contributed by atoms with Crippen molar-refractivity contribution in [2.45, 2.75) is 38.3 Å². The van der Waals surface area contributed by atoms with Crippen molar-refractivity contribution in [3.05, 3.63) is 29.3 Å². The lowest BCUT2D eigenvalue weighted by atomic mass is 10.1. The quantitative estimate of drug-likeness (QED) is 0.791. The molecule has 112 valence electrons. The summed E-state index contributed by atoms with van der Waals surface area (Å²) in [6, 6.07) is 3.05. The summed E-state index contributed by atoms with van der Waals surface area (Å²) in [5.41, 5.74) is -0.940. The predicted molar refractivity (Wildman–Crippen MR) is 74.0 cm³/mol. The van der Waals surface area contributed by atoms with E-state index in [-0.39, 0.29) is 17.0 Å². The molecule has 1 aromatic rings. The van der Waals surface area contributed by atoms with Crippen LogP contribution < -0.4 is 5.32 Å². The molecule has 0 aromatic heterocycles. The number of halogens is 3. The van der Waals surface area contributed by atoms with Crippen molar-refractivity contribution < 1.29 is 22.7 Å². The largest absolute Gasteiger partial charge is 0.444 e. The molecule has 0 saturated carbocycles. The molecule has 0 bridgehead atoms. The summed E-state index contributed by atoms with van der Waals surface area (Å²) in [5, 5.41) is 2.42. The maximum Gasteiger partial charge on any atom is 0.416 e. The summed E-state index contributed by atoms with van der Waals surface area (Å²) in [6.07, 6.45) is -5.15. The first kappa shape index (κ1) is 16.7. The minimum Gasteiger partial charge on any atom is -0.444 e. The van der Waals surface area contributed by atoms with Crippen molar-refractivity contribution >= 4 is 24.4 Å². The zero-order valence-corrected chi connectivity index (χ0v) is 12.2. The molecular formula is C13H16F3NO2S. The van der Waals surface area contributed by atoms with Gasteiger partial charge in [0, 0.05) is 11.4 Å². The van der Waals surface area contributed by atoms with Gasteiger partial charge in [-0.2, -0.15) is 25.8 Å². The topological polar surface area (TPSA) is 38.3 Å². The second kappa shape index (κ2) is 5.95. The summed E-state index contributed by atoms with van der Waals surface area (Å²) in [7, 11) is 0. The van der Waals surface area contributed by atoms with Crippen molar-refractivity contribution in [3.63, 3.8) is 0 Å². The van der Waals surface area contributed by atoms with Gasteiger partial charge in [0.05, 0.1) is 5.56 Å². The van der Waals surface area contributed by atoms with Crippen LogP contribution in [0.1, 0.15) is 31.9 Å². The standard InChI is InChI=1S/C13H16F3NO2S/c1-12(2,3)19-11(18)17-10-5-4-9(13(14,15)16)6-8(10)7-20/h4-6,20H,7H2,1-3H3,(H,17,18). The summed E-state index contributed by atoms with van der Waals surface area (Å²) in [5.74, 6) is 0.0645. The molecule has 7 heteroatoms. The van der Waals surface area contributed by atoms with Crippen molar-refractivity contribution in [2.75, 3.05) is 5.32 Å². The summed E-state index contributed by atoms with van der Waals surface area (Å²) in [6.45, 7) is 5.08. The number of thiol groups is 1. The third kappa shape index (κ3) is 4.96. The molecule has 0 unspecified atom stereocenters. The van der Waals surface area contributed by atoms with Gasteiger partial charge in [-0.15, -0.1) is 0 Å². The van der Waals surface area contributed by atoms with E-state index in [0.29, 0.717) is 0 Å². The summed E-state index contributed by atoms with van der Waals surface area (Å²) >= 11 is 3.97. The van der Waals surface area contributed by atoms with E-state index in [0.717, 1.165) is 12.1 Å². The molecule has 0 fully saturated rings. The van der Waals surface area contributed by atoms with E-state index < -0.39 is 23.4 Å². The number of benzene rings is 1. The number of alkyl halides is 3. The van der Waals surface area contributed by atoms with E-state index in [1.165, 1.54) is 6.07 Å². The molecule has 1 N–H and O–H groups in total. The van der Waals surface area contributed by atoms with Gasteiger partial charge in [0.2, 0.25) is 0 Å². The van der Waals surface area contributed by atoms with Gasteiger partial charge >= 0.3 is 12.3 Å². The Bertz CT molecular complexity index is 495. The molecule has 20 heavy (non-hydrogen) atoms. The Hall–Kier alpha value is -1.37. The predicted octanol–water partition coefficient (Wildman–Crippen LogP) is 4.48. The van der Waals surface area contributed by atoms with Gasteiger partial charge in [0.25, 0.3) is 0 Å². The number of carbonyl (C=O) groups excluding carboxylic acids is 1. The number of amides is 1. The second-order valence-corrected chi connectivity index (χ2v) is 5.47. The van der Waals surface area contributed by atoms with Crippen LogP contribution in [-0.4, -0.2) is 11.7 Å². The number of ether oxygens (including phenoxy) is 1. The zero-order chi connectivity index (χ0) is 15.6. The zero-order valence-electron chi connectivity index (χ0n) is 11.3. The van der Waals surface area contributed by atoms with Gasteiger partial charge in [0.15, 0.2) is 0 Å². The van der Waals surface area contributed by atoms with E-state index in [1.54, 1.807) is 20.8 Å². The fourth-order valence-corrected chi connectivity index (χ4v) is 1.70. The maximum atomic E-state index is 12.6. The third-order valence-corrected chi connectivity index (χ3v) is 2.58. The molecule has 0 radical (unpaired) electrons. The minimum absolute atomic E-state index is 0.0645. The molecule has 1 rings (SSSR count). The van der Waals surface area contributed by atoms with Crippen LogP contribution >= 0.6 is 12.6 Å². The average Bonchev–Trinajstić information content (AvgIpc) is 2.25. The molecule has 0 aliphatic rings. The lowest BCUT2D eigenvalue weighted by molar-refractivity contribution is -0.137. The summed E-state index contributed by atoms with van der Waals surface area (Å²) < 4.78 is 42.8. The Kier molecular flexibility index (Phi) is 4.96. The lowest BCUT2D eigenvalue weighted by Crippen LogP contribution is -2.27. The van der Waals surface area contributed by atoms with Crippen LogP contribution in [0.2, 0.25) is 0 Å². The number of carbonyl (C=O) groups is 1. The van der Waals surface area contributed by atoms with Crippen LogP contribution in [0.4, 0.5) is 23.7 Å². The van der Waals surface area contributed by atoms with Gasteiger partial charge in [0.1, 0.15) is 5.60 Å². The van der Waals surface area contributed by atoms with Crippen LogP contribution in [0.5, 0.6) is 0 Å². The smallest absolute Gasteiger partial charge is 0.416 e. The summed E-state index contributed by atoms with van der Waals surface area (Å²) in [4.78, 5) is 11.6. The highest BCUT2D eigenvalue weighted by Crippen LogP contribution is 2.32. The fourth-order valence-electron chi connectivity index (χ4n) is 1.44. The lowest BCUT2D eigenvalue weighted by Gasteiger charge is -2.20. The van der Waals surface area contributed by atoms with Crippen LogP contribution in [0, 0.1) is 0 Å². The Labute approximate surface area is 120 Å². The molecule has 0 atom stereocenters. The SMILES string of the molecule is CC(C)(C)OC(=O)Nc1ccc(C(F)(F)F)cc1CS. The number of rotatable bonds is 2. The molecule has 3 nitrogen and oxygen atoms in total. The number of hydrogen-bond acceptors (Lipinski definition) is 3. The van der Waals surface area contributed by atoms with Gasteiger partial charge in [-0.3, -0.25) is 5.32 Å². The van der Waals surface area contributed by atoms with Crippen LogP contribution in [0.15, 0.2) is 18.2 Å². The molecule has 0 aliphatic carbocycles. The number of hydrogen-bond donors (Lipinski definition) is 2. The molecule has 1 amide bonds. The Balaban J connectivity index is 2.94. The highest BCUT2D eigenvalue weighted by atomic mass is 32.1. The molecule has 0 spiro atoms. The van der Waals surface area contributed by atoms with E-state index in [2.05, 4.69) is 17.9 Å². The number of nitrogens with one attached hydrogen (secondary N) is 1. The normalized spacial score (nSPS) is 12.2. The van der Waals surface area contributed by atoms with Crippen molar-refractivity contribution in [1.82, 2.24) is 0 Å². The van der Waals surface area contributed by atoms with Gasteiger partial charge in [-0.25, -0.2) is 4.79 Å². The highest BCUT2D eigenvalue weighted by Gasteiger charge is 2.31. The monoisotopic (exact) mass is 307 g/mol. The maximum absolute atomic E-state index is 12.6. The van der Waals surface area contributed by atoms with Crippen molar-refractivity contribution in [3.8, 4) is 0 Å². The van der Waals surface area contributed by atoms with Gasteiger partial charge in [-0.05, 0) is 44.5 Å². The van der Waals surface area contributed by atoms with Crippen molar-refractivity contribution in [2.24, 2.45) is 0 Å². The first-order chi connectivity index (χ1) is 9.03. The van der Waals surface area contributed by atoms with Gasteiger partial charge in [-0.1, -0.05) is 0 Å². The molecule has 0 aliphatic heterocycles. The minimum atomic E-state index is -4.43. The molecule has 1 aromatic carbocycles. The third-order valence-electron chi connectivity index (χ3n) is 2.24. The second-order valence-electron chi connectivity index (χ2n) is 5.15. The first-order valence-electron chi connectivity index (χ1n) is 5.84. The van der Waals surface area contributed by atoms with Crippen LogP contribution in [0.25, 0.3) is 0 Å². The van der Waals surface area contributed by atoms with E-state index in [9.17, 15) is 18.0 Å². The van der Waals surface area contributed by atoms with E-state index in [4.69, 9.17) is 4.74 Å². The molecule has 0 heterocycles. The number of anilines is 1. The van der Waals surface area contributed by atoms with E-state index >= 15 is 0 Å².